The lowest BCUT2D eigenvalue weighted by molar-refractivity contribution is -0.111. The van der Waals surface area contributed by atoms with Gasteiger partial charge in [0.15, 0.2) is 0 Å². The summed E-state index contributed by atoms with van der Waals surface area (Å²) in [6.45, 7) is 2.69. The summed E-state index contributed by atoms with van der Waals surface area (Å²) in [7, 11) is 0. The maximum atomic E-state index is 13.6. The van der Waals surface area contributed by atoms with E-state index in [0.717, 1.165) is 18.7 Å². The van der Waals surface area contributed by atoms with Gasteiger partial charge in [-0.1, -0.05) is 103 Å². The van der Waals surface area contributed by atoms with Crippen molar-refractivity contribution in [2.45, 2.75) is 6.04 Å². The Kier molecular flexibility index (Phi) is 8.51. The van der Waals surface area contributed by atoms with Crippen LogP contribution in [0.4, 0.5) is 5.69 Å². The number of nitrogens with zero attached hydrogens (tertiary/aromatic N) is 2. The minimum Gasteiger partial charge on any atom is -0.336 e. The molecule has 1 N–H and O–H groups in total. The van der Waals surface area contributed by atoms with E-state index < -0.39 is 0 Å². The number of anilines is 1. The Morgan fingerprint density at radius 3 is 1.92 bits per heavy atom. The molecule has 0 saturated carbocycles. The molecule has 1 saturated heterocycles. The zero-order valence-electron chi connectivity index (χ0n) is 21.5. The fraction of sp³-hybridized carbons (Fsp3) is 0.152. The number of hydrogen-bond donors (Lipinski definition) is 1. The van der Waals surface area contributed by atoms with Crippen molar-refractivity contribution in [2.24, 2.45) is 0 Å². The maximum absolute atomic E-state index is 13.6. The molecular weight excluding hydrogens is 506 g/mol. The first kappa shape index (κ1) is 26.4. The van der Waals surface area contributed by atoms with E-state index in [1.165, 1.54) is 17.2 Å². The van der Waals surface area contributed by atoms with Crippen LogP contribution in [-0.2, 0) is 4.79 Å². The lowest BCUT2D eigenvalue weighted by atomic mass is 9.96. The molecule has 0 spiro atoms. The van der Waals surface area contributed by atoms with Crippen LogP contribution >= 0.6 is 11.6 Å². The summed E-state index contributed by atoms with van der Waals surface area (Å²) in [6, 6.07) is 35.6. The summed E-state index contributed by atoms with van der Waals surface area (Å²) in [4.78, 5) is 30.5. The fourth-order valence-electron chi connectivity index (χ4n) is 4.97. The summed E-state index contributed by atoms with van der Waals surface area (Å²) in [6.07, 6.45) is 3.09. The zero-order valence-corrected chi connectivity index (χ0v) is 22.3. The Balaban J connectivity index is 1.27. The van der Waals surface area contributed by atoms with Gasteiger partial charge < -0.3 is 10.2 Å². The molecule has 1 aliphatic rings. The van der Waals surface area contributed by atoms with Crippen molar-refractivity contribution < 1.29 is 9.59 Å². The van der Waals surface area contributed by atoms with Crippen LogP contribution < -0.4 is 5.32 Å². The highest BCUT2D eigenvalue weighted by Crippen LogP contribution is 2.30. The molecule has 1 aliphatic heterocycles. The van der Waals surface area contributed by atoms with Gasteiger partial charge in [-0.05, 0) is 41.0 Å². The number of halogens is 1. The molecule has 0 atom stereocenters. The second-order valence-electron chi connectivity index (χ2n) is 9.44. The smallest absolute Gasteiger partial charge is 0.256 e. The molecule has 1 heterocycles. The van der Waals surface area contributed by atoms with Crippen LogP contribution in [0.2, 0.25) is 5.02 Å². The number of carbonyl (C=O) groups excluding carboxylic acids is 2. The molecule has 0 aromatic heterocycles. The van der Waals surface area contributed by atoms with Crippen molar-refractivity contribution in [2.75, 3.05) is 31.5 Å². The van der Waals surface area contributed by atoms with E-state index in [0.29, 0.717) is 29.4 Å². The molecule has 0 bridgehead atoms. The van der Waals surface area contributed by atoms with E-state index in [1.54, 1.807) is 24.3 Å². The number of hydrogen-bond acceptors (Lipinski definition) is 3. The lowest BCUT2D eigenvalue weighted by Crippen LogP contribution is -2.50. The van der Waals surface area contributed by atoms with Crippen molar-refractivity contribution in [1.82, 2.24) is 9.80 Å². The molecule has 0 aliphatic carbocycles. The molecule has 39 heavy (non-hydrogen) atoms. The summed E-state index contributed by atoms with van der Waals surface area (Å²) < 4.78 is 0. The fourth-order valence-corrected chi connectivity index (χ4v) is 5.17. The molecule has 5 nitrogen and oxygen atoms in total. The van der Waals surface area contributed by atoms with Crippen molar-refractivity contribution in [1.29, 1.82) is 0 Å². The molecule has 6 heteroatoms. The van der Waals surface area contributed by atoms with Crippen LogP contribution in [0, 0.1) is 0 Å². The maximum Gasteiger partial charge on any atom is 0.256 e. The van der Waals surface area contributed by atoms with E-state index in [9.17, 15) is 9.59 Å². The largest absolute Gasteiger partial charge is 0.336 e. The van der Waals surface area contributed by atoms with Crippen molar-refractivity contribution in [3.05, 3.63) is 143 Å². The summed E-state index contributed by atoms with van der Waals surface area (Å²) in [5.41, 5.74) is 4.20. The molecule has 5 rings (SSSR count). The standard InChI is InChI=1S/C33H30ClN3O2/c34-29-17-9-7-11-25(29)19-20-31(38)35-30-18-10-8-16-28(30)33(39)37-23-21-36(22-24-37)32(26-12-3-1-4-13-26)27-14-5-2-6-15-27/h1-20,32H,21-24H2,(H,35,38). The second-order valence-corrected chi connectivity index (χ2v) is 9.85. The van der Waals surface area contributed by atoms with Gasteiger partial charge in [0.2, 0.25) is 5.91 Å². The lowest BCUT2D eigenvalue weighted by Gasteiger charge is -2.40. The van der Waals surface area contributed by atoms with Crippen LogP contribution in [0.15, 0.2) is 115 Å². The zero-order chi connectivity index (χ0) is 27.0. The highest BCUT2D eigenvalue weighted by Gasteiger charge is 2.29. The Hall–Kier alpha value is -4.19. The van der Waals surface area contributed by atoms with Crippen LogP contribution in [-0.4, -0.2) is 47.8 Å². The third-order valence-electron chi connectivity index (χ3n) is 6.93. The Morgan fingerprint density at radius 1 is 0.718 bits per heavy atom. The minimum absolute atomic E-state index is 0.0865. The Bertz CT molecular complexity index is 1410. The minimum atomic E-state index is -0.325. The monoisotopic (exact) mass is 535 g/mol. The quantitative estimate of drug-likeness (QED) is 0.273. The van der Waals surface area contributed by atoms with E-state index in [4.69, 9.17) is 11.6 Å². The number of benzene rings is 4. The predicted octanol–water partition coefficient (Wildman–Crippen LogP) is 6.54. The van der Waals surface area contributed by atoms with Gasteiger partial charge >= 0.3 is 0 Å². The van der Waals surface area contributed by atoms with Gasteiger partial charge in [0.25, 0.3) is 5.91 Å². The van der Waals surface area contributed by atoms with Crippen LogP contribution in [0.25, 0.3) is 6.08 Å². The Morgan fingerprint density at radius 2 is 1.28 bits per heavy atom. The molecule has 0 unspecified atom stereocenters. The molecule has 4 aromatic rings. The third kappa shape index (κ3) is 6.45. The molecule has 2 amide bonds. The molecule has 4 aromatic carbocycles. The van der Waals surface area contributed by atoms with Gasteiger partial charge in [0.1, 0.15) is 0 Å². The first-order valence-electron chi connectivity index (χ1n) is 13.1. The molecule has 0 radical (unpaired) electrons. The Labute approximate surface area is 234 Å². The molecular formula is C33H30ClN3O2. The first-order valence-corrected chi connectivity index (χ1v) is 13.4. The number of carbonyl (C=O) groups is 2. The van der Waals surface area contributed by atoms with E-state index >= 15 is 0 Å². The van der Waals surface area contributed by atoms with Gasteiger partial charge in [0.05, 0.1) is 17.3 Å². The van der Waals surface area contributed by atoms with Crippen molar-refractivity contribution >= 4 is 35.2 Å². The van der Waals surface area contributed by atoms with E-state index in [2.05, 4.69) is 58.7 Å². The summed E-state index contributed by atoms with van der Waals surface area (Å²) >= 11 is 6.18. The van der Waals surface area contributed by atoms with E-state index in [1.807, 2.05) is 47.4 Å². The third-order valence-corrected chi connectivity index (χ3v) is 7.28. The summed E-state index contributed by atoms with van der Waals surface area (Å²) in [5.74, 6) is -0.412. The van der Waals surface area contributed by atoms with Crippen molar-refractivity contribution in [3.8, 4) is 0 Å². The van der Waals surface area contributed by atoms with Gasteiger partial charge in [0, 0.05) is 37.3 Å². The molecule has 1 fully saturated rings. The van der Waals surface area contributed by atoms with E-state index in [-0.39, 0.29) is 17.9 Å². The molecule has 196 valence electrons. The van der Waals surface area contributed by atoms with Gasteiger partial charge in [-0.2, -0.15) is 0 Å². The van der Waals surface area contributed by atoms with Crippen molar-refractivity contribution in [3.63, 3.8) is 0 Å². The second kappa shape index (κ2) is 12.6. The highest BCUT2D eigenvalue weighted by molar-refractivity contribution is 6.32. The number of rotatable bonds is 7. The average molecular weight is 536 g/mol. The number of nitrogens with one attached hydrogen (secondary N) is 1. The van der Waals surface area contributed by atoms with Gasteiger partial charge in [-0.25, -0.2) is 0 Å². The SMILES string of the molecule is O=C(C=Cc1ccccc1Cl)Nc1ccccc1C(=O)N1CCN(C(c2ccccc2)c2ccccc2)CC1. The average Bonchev–Trinajstić information content (AvgIpc) is 2.98. The van der Waals surface area contributed by atoms with Crippen LogP contribution in [0.5, 0.6) is 0 Å². The van der Waals surface area contributed by atoms with Gasteiger partial charge in [-0.3, -0.25) is 14.5 Å². The first-order chi connectivity index (χ1) is 19.1. The van der Waals surface area contributed by atoms with Crippen LogP contribution in [0.3, 0.4) is 0 Å². The topological polar surface area (TPSA) is 52.7 Å². The van der Waals surface area contributed by atoms with Crippen LogP contribution in [0.1, 0.15) is 33.1 Å². The highest BCUT2D eigenvalue weighted by atomic mass is 35.5. The number of amides is 2. The number of para-hydroxylation sites is 1. The summed E-state index contributed by atoms with van der Waals surface area (Å²) in [5, 5.41) is 3.43. The van der Waals surface area contributed by atoms with Gasteiger partial charge in [-0.15, -0.1) is 0 Å². The predicted molar refractivity (Wildman–Crippen MR) is 158 cm³/mol. The number of piperazine rings is 1. The normalized spacial score (nSPS) is 14.1.